The van der Waals surface area contributed by atoms with Crippen molar-refractivity contribution in [1.29, 1.82) is 0 Å². The maximum Gasteiger partial charge on any atom is 0.449 e. The highest BCUT2D eigenvalue weighted by molar-refractivity contribution is 5.79. The minimum Gasteiger partial charge on any atom is -0.462 e. The Morgan fingerprint density at radius 3 is 1.35 bits per heavy atom. The van der Waals surface area contributed by atoms with Gasteiger partial charge in [0, 0.05) is 10.8 Å². The molecule has 0 spiro atoms. The van der Waals surface area contributed by atoms with E-state index in [2.05, 4.69) is 9.47 Å². The Kier molecular flexibility index (Phi) is 34.7. The quantitative estimate of drug-likeness (QED) is 0.0567. The average Bonchev–Trinajstić information content (AvgIpc) is 1.61. The first-order valence-electron chi connectivity index (χ1n) is 32.2. The lowest BCUT2D eigenvalue weighted by molar-refractivity contribution is -0.409. The van der Waals surface area contributed by atoms with Crippen LogP contribution in [0.2, 0.25) is 0 Å². The van der Waals surface area contributed by atoms with E-state index >= 15 is 0 Å². The van der Waals surface area contributed by atoms with Crippen molar-refractivity contribution in [1.82, 2.24) is 0 Å². The molecule has 4 heterocycles. The van der Waals surface area contributed by atoms with Crippen molar-refractivity contribution in [2.45, 2.75) is 382 Å². The van der Waals surface area contributed by atoms with Crippen LogP contribution in [0.5, 0.6) is 0 Å². The summed E-state index contributed by atoms with van der Waals surface area (Å²) in [4.78, 5) is 60.5. The van der Waals surface area contributed by atoms with Gasteiger partial charge in [-0.1, -0.05) is 87.1 Å². The molecule has 4 aliphatic heterocycles. The second kappa shape index (κ2) is 33.7. The molecule has 0 radical (unpaired) electrons. The molecule has 592 valence electrons. The fraction of sp³-hybridized carbons (Fsp3) is 0.932. The number of rotatable bonds is 18. The summed E-state index contributed by atoms with van der Waals surface area (Å²) in [6.07, 6.45) is -1.07. The Morgan fingerprint density at radius 2 is 0.970 bits per heavy atom. The monoisotopic (exact) mass is 1450 g/mol. The maximum absolute atomic E-state index is 14.0. The zero-order valence-corrected chi connectivity index (χ0v) is 57.3. The number of hydrogen-bond acceptors (Lipinski definition) is 17. The van der Waals surface area contributed by atoms with Crippen molar-refractivity contribution in [3.63, 3.8) is 0 Å². The van der Waals surface area contributed by atoms with Crippen LogP contribution >= 0.6 is 0 Å². The zero-order valence-electron chi connectivity index (χ0n) is 57.3. The summed E-state index contributed by atoms with van der Waals surface area (Å²) in [6, 6.07) is 0. The van der Waals surface area contributed by atoms with Crippen molar-refractivity contribution < 1.29 is 117 Å². The van der Waals surface area contributed by atoms with E-state index in [-0.39, 0.29) is 131 Å². The van der Waals surface area contributed by atoms with Gasteiger partial charge in [0.1, 0.15) is 17.8 Å². The first-order chi connectivity index (χ1) is 40.8. The first-order valence-corrected chi connectivity index (χ1v) is 32.2. The van der Waals surface area contributed by atoms with Gasteiger partial charge in [0.15, 0.2) is 17.8 Å². The van der Waals surface area contributed by atoms with E-state index < -0.39 is 111 Å². The third-order valence-corrected chi connectivity index (χ3v) is 22.3. The number of ether oxygens (including phenoxy) is 8. The van der Waals surface area contributed by atoms with Gasteiger partial charge in [-0.2, -0.15) is 35.1 Å². The molecule has 4 saturated heterocycles. The Balaban J connectivity index is -0.000000597. The molecule has 9 rings (SSSR count). The second-order valence-corrected chi connectivity index (χ2v) is 32.1. The van der Waals surface area contributed by atoms with Gasteiger partial charge in [-0.3, -0.25) is 24.0 Å². The van der Waals surface area contributed by atoms with Crippen LogP contribution < -0.4 is 0 Å². The molecule has 0 amide bonds. The van der Waals surface area contributed by atoms with Crippen molar-refractivity contribution in [3.8, 4) is 0 Å². The number of halogens is 8. The lowest BCUT2D eigenvalue weighted by atomic mass is 9.37. The fourth-order valence-electron chi connectivity index (χ4n) is 13.6. The molecule has 10 atom stereocenters. The van der Waals surface area contributed by atoms with Crippen LogP contribution in [0.1, 0.15) is 294 Å². The Hall–Kier alpha value is -3.49. The predicted octanol–water partition coefficient (Wildman–Crippen LogP) is 17.6. The highest BCUT2D eigenvalue weighted by Crippen LogP contribution is 2.73. The maximum atomic E-state index is 14.0. The third kappa shape index (κ3) is 20.3. The van der Waals surface area contributed by atoms with Crippen molar-refractivity contribution in [2.75, 3.05) is 13.2 Å². The molecule has 10 unspecified atom stereocenters. The molecule has 0 aromatic rings. The molecule has 0 aromatic heterocycles. The van der Waals surface area contributed by atoms with Crippen LogP contribution in [-0.4, -0.2) is 152 Å². The molecule has 0 aromatic carbocycles. The molecular formula is C74H138F8O17. The fourth-order valence-corrected chi connectivity index (χ4v) is 13.6. The summed E-state index contributed by atoms with van der Waals surface area (Å²) < 4.78 is 147. The van der Waals surface area contributed by atoms with Crippen LogP contribution in [0.15, 0.2) is 0 Å². The van der Waals surface area contributed by atoms with Crippen molar-refractivity contribution >= 4 is 29.8 Å². The van der Waals surface area contributed by atoms with Crippen LogP contribution in [0, 0.1) is 50.2 Å². The third-order valence-electron chi connectivity index (χ3n) is 22.3. The van der Waals surface area contributed by atoms with Crippen molar-refractivity contribution in [2.24, 2.45) is 50.2 Å². The minimum atomic E-state index is -5.74. The molecule has 9 fully saturated rings. The summed E-state index contributed by atoms with van der Waals surface area (Å²) in [6.45, 7) is 31.9. The number of carbonyl (C=O) groups is 5. The molecule has 5 aliphatic carbocycles. The number of fused-ring (bicyclic) bond motifs is 1. The molecule has 9 aliphatic rings. The lowest BCUT2D eigenvalue weighted by Crippen LogP contribution is -2.70. The molecule has 5 saturated carbocycles. The molecule has 17 nitrogen and oxygen atoms in total. The standard InChI is InChI=1S/C22H38O4.C19H33F3O4.C13H18O5.C12H17F5O4.8CH4/c1-8-17(2,3)16(23)26-22-11-15-9-20(13-22,18(4,5)24)12-21(10-15,14-22)19(6,7)25;1-7-16(2,3)15(23)26-14-10-8-13(9-11-14)17(4,5)25-12-18(6,24)19(20,21)22;1-4-13(2,3)12(15)18-9-7-5-6-8(16-7)10(9)17-11(6)14;1-5-8(2,3)7(18)21-9(4)6-20-11(19,10(9,13)14)12(15,16)17;;;;;;;;/h15,24-25H,8-14H2,1-7H3;13-14,24H,7-12H2,1-6H3;6-10H,4-5H2,1-3H3;19H,5-6H2,1-4H3;8*1H4. The van der Waals surface area contributed by atoms with Crippen LogP contribution in [0.3, 0.4) is 0 Å². The summed E-state index contributed by atoms with van der Waals surface area (Å²) in [5, 5.41) is 40.9. The highest BCUT2D eigenvalue weighted by atomic mass is 19.4. The number of esters is 5. The van der Waals surface area contributed by atoms with E-state index in [0.29, 0.717) is 70.6 Å². The Morgan fingerprint density at radius 1 is 0.566 bits per heavy atom. The largest absolute Gasteiger partial charge is 0.462 e. The van der Waals surface area contributed by atoms with Gasteiger partial charge in [0.05, 0.1) is 63.7 Å². The molecule has 99 heavy (non-hydrogen) atoms. The minimum absolute atomic E-state index is 0. The van der Waals surface area contributed by atoms with E-state index in [1.165, 1.54) is 13.8 Å². The van der Waals surface area contributed by atoms with Gasteiger partial charge < -0.3 is 58.3 Å². The van der Waals surface area contributed by atoms with E-state index in [1.54, 1.807) is 20.8 Å². The van der Waals surface area contributed by atoms with Gasteiger partial charge in [0.25, 0.3) is 0 Å². The molecule has 25 heteroatoms. The summed E-state index contributed by atoms with van der Waals surface area (Å²) in [5.41, 5.74) is -12.1. The zero-order chi connectivity index (χ0) is 70.2. The van der Waals surface area contributed by atoms with E-state index in [0.717, 1.165) is 39.0 Å². The van der Waals surface area contributed by atoms with Crippen LogP contribution in [0.4, 0.5) is 35.1 Å². The highest BCUT2D eigenvalue weighted by Gasteiger charge is 2.83. The smallest absolute Gasteiger partial charge is 0.449 e. The topological polar surface area (TPSA) is 240 Å². The van der Waals surface area contributed by atoms with E-state index in [1.807, 2.05) is 90.0 Å². The number of aliphatic hydroxyl groups is 4. The summed E-state index contributed by atoms with van der Waals surface area (Å²) >= 11 is 0. The average molecular weight is 1450 g/mol. The van der Waals surface area contributed by atoms with Crippen molar-refractivity contribution in [3.05, 3.63) is 0 Å². The van der Waals surface area contributed by atoms with Gasteiger partial charge in [-0.25, -0.2) is 0 Å². The van der Waals surface area contributed by atoms with Gasteiger partial charge >= 0.3 is 53.9 Å². The first kappa shape index (κ1) is 102. The normalized spacial score (nSPS) is 31.5. The second-order valence-electron chi connectivity index (χ2n) is 32.1. The number of alkyl halides is 8. The molecular weight excluding hydrogens is 1310 g/mol. The lowest BCUT2D eigenvalue weighted by Gasteiger charge is -2.70. The SMILES string of the molecule is C.C.C.C.C.C.C.C.CCC(C)(C)C(=O)OC1(C)COC(O)(C(F)(F)F)C1(F)F.CCC(C)(C)C(=O)OC12CC3CC(C(C)(C)O)(C1)CC(C(C)(C)O)(C3)C2.CCC(C)(C)C(=O)OC1C2CC3C(=O)OC1C3O2.CCC(C)(C)C(=O)OC1CCC(C(C)(C)OCC(C)(O)C(F)(F)F)CC1. The number of carbonyl (C=O) groups excluding carboxylic acids is 5. The van der Waals surface area contributed by atoms with Gasteiger partial charge in [-0.05, 0) is 219 Å². The summed E-state index contributed by atoms with van der Waals surface area (Å²) in [5.74, 6) is -11.1. The molecule has 6 bridgehead atoms. The Bertz CT molecular complexity index is 2580. The van der Waals surface area contributed by atoms with E-state index in [4.69, 9.17) is 28.4 Å². The van der Waals surface area contributed by atoms with Crippen LogP contribution in [0.25, 0.3) is 0 Å². The number of hydrogen-bond donors (Lipinski definition) is 4. The van der Waals surface area contributed by atoms with E-state index in [9.17, 15) is 79.5 Å². The molecule has 4 N–H and O–H groups in total. The van der Waals surface area contributed by atoms with Gasteiger partial charge in [0.2, 0.25) is 5.60 Å². The van der Waals surface area contributed by atoms with Crippen LogP contribution in [-0.2, 0) is 61.9 Å². The predicted molar refractivity (Wildman–Crippen MR) is 369 cm³/mol. The Labute approximate surface area is 591 Å². The summed E-state index contributed by atoms with van der Waals surface area (Å²) in [7, 11) is 0. The van der Waals surface area contributed by atoms with Gasteiger partial charge in [-0.15, -0.1) is 0 Å².